The van der Waals surface area contributed by atoms with E-state index in [1.54, 1.807) is 0 Å². The molecule has 0 spiro atoms. The number of hydrogen-bond acceptors (Lipinski definition) is 1. The van der Waals surface area contributed by atoms with Gasteiger partial charge in [-0.05, 0) is 0 Å². The fourth-order valence-electron chi connectivity index (χ4n) is 2.90. The molecule has 0 saturated heterocycles. The summed E-state index contributed by atoms with van der Waals surface area (Å²) in [4.78, 5) is 8.89. The van der Waals surface area contributed by atoms with Gasteiger partial charge in [-0.3, -0.25) is 11.7 Å². The quantitative estimate of drug-likeness (QED) is 0.0937. The van der Waals surface area contributed by atoms with E-state index < -0.39 is 5.97 Å². The molecule has 0 aliphatic heterocycles. The largest absolute Gasteiger partial charge is 0.503 e. The van der Waals surface area contributed by atoms with Crippen LogP contribution < -0.4 is 0 Å². The Labute approximate surface area is 338 Å². The predicted octanol–water partition coefficient (Wildman–Crippen LogP) is 10.8. The molecule has 276 valence electrons. The Morgan fingerprint density at radius 3 is 0.560 bits per heavy atom. The Hall–Kier alpha value is -3.16. The van der Waals surface area contributed by atoms with E-state index in [0.717, 1.165) is 0 Å². The van der Waals surface area contributed by atoms with Gasteiger partial charge >= 0.3 is 0 Å². The van der Waals surface area contributed by atoms with E-state index >= 15 is 0 Å². The zero-order valence-corrected chi connectivity index (χ0v) is 35.9. The van der Waals surface area contributed by atoms with E-state index in [2.05, 4.69) is 43.3 Å². The van der Waals surface area contributed by atoms with Crippen LogP contribution in [0.5, 0.6) is 0 Å². The number of carboxylic acids is 1. The molecule has 0 aromatic heterocycles. The fraction of sp³-hybridized carbons (Fsp3) is 0.136. The van der Waals surface area contributed by atoms with Crippen molar-refractivity contribution in [2.45, 2.75) is 41.5 Å². The Morgan fingerprint density at radius 2 is 0.520 bits per heavy atom. The predicted molar refractivity (Wildman–Crippen MR) is 215 cm³/mol. The minimum atomic E-state index is -1.08. The second-order valence-electron chi connectivity index (χ2n) is 9.67. The summed E-state index contributed by atoms with van der Waals surface area (Å²) in [6.07, 6.45) is 0. The van der Waals surface area contributed by atoms with Crippen LogP contribution in [-0.4, -0.2) is 11.1 Å². The Balaban J connectivity index is -0.000000156. The van der Waals surface area contributed by atoms with E-state index in [-0.39, 0.29) is 60.6 Å². The van der Waals surface area contributed by atoms with E-state index in [0.29, 0.717) is 0 Å². The summed E-state index contributed by atoms with van der Waals surface area (Å²) in [5, 5.41) is 7.31. The molecule has 0 aliphatic rings. The molecule has 2 unspecified atom stereocenters. The van der Waals surface area contributed by atoms with E-state index in [1.807, 2.05) is 187 Å². The molecule has 0 radical (unpaired) electrons. The molecule has 0 saturated carbocycles. The molecule has 0 amide bonds. The van der Waals surface area contributed by atoms with Crippen LogP contribution in [0.1, 0.15) is 33.4 Å². The summed E-state index contributed by atoms with van der Waals surface area (Å²) >= 11 is 0. The molecule has 6 rings (SSSR count). The third-order valence-corrected chi connectivity index (χ3v) is 5.19. The van der Waals surface area contributed by atoms with Crippen LogP contribution in [-0.2, 0) is 45.6 Å². The molecule has 0 fully saturated rings. The number of carbonyl (C=O) groups is 1. The van der Waals surface area contributed by atoms with E-state index in [4.69, 9.17) is 9.90 Å². The molecule has 6 aromatic carbocycles. The summed E-state index contributed by atoms with van der Waals surface area (Å²) in [7, 11) is 0. The van der Waals surface area contributed by atoms with E-state index in [9.17, 15) is 0 Å². The van der Waals surface area contributed by atoms with Gasteiger partial charge < -0.3 is 5.11 Å². The van der Waals surface area contributed by atoms with Gasteiger partial charge in [-0.2, -0.15) is 235 Å². The number of benzene rings is 6. The molecule has 0 heterocycles. The Morgan fingerprint density at radius 1 is 0.400 bits per heavy atom. The molecule has 1 N–H and O–H groups in total. The van der Waals surface area contributed by atoms with Gasteiger partial charge in [0.15, 0.2) is 5.97 Å². The second-order valence-corrected chi connectivity index (χ2v) is 9.67. The van der Waals surface area contributed by atoms with Crippen LogP contribution in [0.2, 0.25) is 0 Å². The summed E-state index contributed by atoms with van der Waals surface area (Å²) < 4.78 is 0. The van der Waals surface area contributed by atoms with Gasteiger partial charge in [-0.1, -0.05) is 41.5 Å². The average Bonchev–Trinajstić information content (AvgIpc) is 3.05. The molecule has 2 nitrogen and oxygen atoms in total. The first kappa shape index (κ1) is 56.2. The normalized spacial score (nSPS) is 7.80. The minimum absolute atomic E-state index is 0. The van der Waals surface area contributed by atoms with Crippen molar-refractivity contribution in [3.05, 3.63) is 222 Å². The van der Waals surface area contributed by atoms with Crippen LogP contribution in [0.15, 0.2) is 146 Å². The van der Waals surface area contributed by atoms with Crippen molar-refractivity contribution in [3.63, 3.8) is 0 Å². The Kier molecular flexibility index (Phi) is 45.3. The first-order valence-electron chi connectivity index (χ1n) is 14.7. The molecular weight excluding hydrogens is 835 g/mol. The van der Waals surface area contributed by atoms with Crippen LogP contribution in [0.4, 0.5) is 0 Å². The van der Waals surface area contributed by atoms with Crippen molar-refractivity contribution in [1.29, 1.82) is 0 Å². The summed E-state index contributed by atoms with van der Waals surface area (Å²) in [6, 6.07) is 65.7. The van der Waals surface area contributed by atoms with E-state index in [1.165, 1.54) is 33.4 Å². The zero-order valence-electron chi connectivity index (χ0n) is 30.0. The molecule has 50 heavy (non-hydrogen) atoms. The third kappa shape index (κ3) is 42.9. The standard InChI is InChI=1S/6C7H7.C2H3O2.2H3P.2Pd/c6*1-7-5-3-2-4-6-7;1-2(3)4;;;;/h6*2-5H,1H3;1H2,(H,3,4);2*1H3;;/q7*-1;;;;. The molecule has 6 heteroatoms. The average molecular weight is 887 g/mol. The maximum Gasteiger partial charge on any atom is 0.161 e. The maximum atomic E-state index is 8.89. The van der Waals surface area contributed by atoms with Gasteiger partial charge in [0, 0.05) is 40.8 Å². The number of rotatable bonds is 0. The van der Waals surface area contributed by atoms with Gasteiger partial charge in [0.1, 0.15) is 0 Å². The monoisotopic (exact) mass is 885 g/mol. The number of aliphatic carboxylic acids is 1. The van der Waals surface area contributed by atoms with Gasteiger partial charge in [0.05, 0.1) is 0 Å². The van der Waals surface area contributed by atoms with Crippen LogP contribution in [0.25, 0.3) is 0 Å². The fourth-order valence-corrected chi connectivity index (χ4v) is 2.90. The second kappa shape index (κ2) is 40.3. The van der Waals surface area contributed by atoms with Crippen molar-refractivity contribution < 1.29 is 50.7 Å². The van der Waals surface area contributed by atoms with Gasteiger partial charge in [-0.15, -0.1) is 0 Å². The Bertz CT molecular complexity index is 1200. The number of aryl methyl sites for hydroxylation is 6. The number of hydrogen-bond donors (Lipinski definition) is 1. The van der Waals surface area contributed by atoms with Gasteiger partial charge in [0.2, 0.25) is 0 Å². The minimum Gasteiger partial charge on any atom is -0.503 e. The third-order valence-electron chi connectivity index (χ3n) is 5.19. The molecule has 2 atom stereocenters. The van der Waals surface area contributed by atoms with Crippen molar-refractivity contribution in [1.82, 2.24) is 0 Å². The van der Waals surface area contributed by atoms with Crippen LogP contribution >= 0.6 is 19.8 Å². The van der Waals surface area contributed by atoms with Crippen molar-refractivity contribution in [2.24, 2.45) is 0 Å². The van der Waals surface area contributed by atoms with Crippen molar-refractivity contribution in [3.8, 4) is 0 Å². The topological polar surface area (TPSA) is 37.3 Å². The zero-order chi connectivity index (χ0) is 34.3. The van der Waals surface area contributed by atoms with Crippen molar-refractivity contribution >= 4 is 25.8 Å². The summed E-state index contributed by atoms with van der Waals surface area (Å²) in [5.41, 5.74) is 7.18. The van der Waals surface area contributed by atoms with Gasteiger partial charge in [-0.25, -0.2) is 0 Å². The van der Waals surface area contributed by atoms with Gasteiger partial charge in [0.25, 0.3) is 0 Å². The van der Waals surface area contributed by atoms with Crippen LogP contribution in [0, 0.1) is 84.9 Å². The summed E-state index contributed by atoms with van der Waals surface area (Å²) in [5.74, 6) is -1.08. The first-order valence-corrected chi connectivity index (χ1v) is 14.7. The smallest absolute Gasteiger partial charge is 0.161 e. The SMILES string of the molecule is Cc1[c-]cccc1.Cc1[c-]cccc1.Cc1[c-]cccc1.Cc1[c-]cccc1.Cc1[c-]cccc1.Cc1[c-]cccc1.P.P.[CH2-]C(=O)O.[Pd].[Pd]. The maximum absolute atomic E-state index is 8.89. The number of carboxylic acid groups (broad SMARTS) is 1. The molecule has 0 bridgehead atoms. The molecular formula is C44H51O2P2Pd2-7. The summed E-state index contributed by atoms with van der Waals surface area (Å²) in [6.45, 7) is 14.7. The van der Waals surface area contributed by atoms with Crippen molar-refractivity contribution in [2.75, 3.05) is 0 Å². The first-order chi connectivity index (χ1) is 22.1. The molecule has 6 aromatic rings. The molecule has 0 aliphatic carbocycles. The van der Waals surface area contributed by atoms with Crippen LogP contribution in [0.3, 0.4) is 0 Å².